The molecule has 0 radical (unpaired) electrons. The first-order valence-corrected chi connectivity index (χ1v) is 5.78. The molecule has 0 heteroatoms. The van der Waals surface area contributed by atoms with Gasteiger partial charge in [0.1, 0.15) is 0 Å². The van der Waals surface area contributed by atoms with Crippen LogP contribution in [-0.4, -0.2) is 0 Å². The van der Waals surface area contributed by atoms with E-state index in [9.17, 15) is 0 Å². The van der Waals surface area contributed by atoms with Crippen molar-refractivity contribution >= 4 is 24.3 Å². The van der Waals surface area contributed by atoms with E-state index in [-0.39, 0.29) is 0 Å². The van der Waals surface area contributed by atoms with Gasteiger partial charge in [0.2, 0.25) is 0 Å². The molecular weight excluding hydrogens is 192 g/mol. The molecule has 0 fully saturated rings. The topological polar surface area (TPSA) is 0 Å². The van der Waals surface area contributed by atoms with Crippen molar-refractivity contribution in [1.29, 1.82) is 0 Å². The summed E-state index contributed by atoms with van der Waals surface area (Å²) in [5, 5.41) is 2.68. The van der Waals surface area contributed by atoms with Crippen LogP contribution in [0.1, 0.15) is 24.0 Å². The minimum absolute atomic E-state index is 1.03. The fourth-order valence-electron chi connectivity index (χ4n) is 2.19. The number of allylic oxidation sites excluding steroid dienone is 4. The maximum absolute atomic E-state index is 2.29. The first kappa shape index (κ1) is 9.41. The molecule has 1 aromatic rings. The molecule has 0 aromatic heterocycles. The molecule has 0 N–H and O–H groups in total. The largest absolute Gasteiger partial charge is 0.0807 e. The Morgan fingerprint density at radius 1 is 0.750 bits per heavy atom. The molecular formula is C16H14. The fraction of sp³-hybridized carbons (Fsp3) is 0.125. The Hall–Kier alpha value is -1.82. The van der Waals surface area contributed by atoms with Gasteiger partial charge in [-0.15, -0.1) is 0 Å². The van der Waals surface area contributed by atoms with Crippen molar-refractivity contribution in [1.82, 2.24) is 0 Å². The van der Waals surface area contributed by atoms with Gasteiger partial charge in [0.05, 0.1) is 0 Å². The lowest BCUT2D eigenvalue weighted by Crippen LogP contribution is -2.24. The molecule has 0 spiro atoms. The van der Waals surface area contributed by atoms with Crippen molar-refractivity contribution in [3.63, 3.8) is 0 Å². The average molecular weight is 206 g/mol. The number of benzene rings is 1. The van der Waals surface area contributed by atoms with E-state index in [0.29, 0.717) is 0 Å². The van der Waals surface area contributed by atoms with Crippen molar-refractivity contribution in [3.8, 4) is 0 Å². The summed E-state index contributed by atoms with van der Waals surface area (Å²) in [7, 11) is 0. The van der Waals surface area contributed by atoms with E-state index < -0.39 is 0 Å². The van der Waals surface area contributed by atoms with Crippen molar-refractivity contribution in [3.05, 3.63) is 58.0 Å². The Bertz CT molecular complexity index is 610. The first-order valence-electron chi connectivity index (χ1n) is 5.78. The standard InChI is InChI=1S/C16H14/c1-3-7-13-11-15-9-5-2-6-10-16(15)12-14(13)8-4-1/h1,3,5-12H,2,4H2. The van der Waals surface area contributed by atoms with Gasteiger partial charge in [0.15, 0.2) is 0 Å². The molecule has 0 amide bonds. The Balaban J connectivity index is 2.33. The van der Waals surface area contributed by atoms with Crippen LogP contribution in [0.3, 0.4) is 0 Å². The Kier molecular flexibility index (Phi) is 2.34. The average Bonchev–Trinajstić information content (AvgIpc) is 2.64. The number of fused-ring (bicyclic) bond motifs is 2. The zero-order chi connectivity index (χ0) is 10.8. The molecule has 0 unspecified atom stereocenters. The molecule has 78 valence electrons. The number of hydrogen-bond acceptors (Lipinski definition) is 0. The third kappa shape index (κ3) is 1.67. The van der Waals surface area contributed by atoms with Crippen LogP contribution in [0, 0.1) is 0 Å². The summed E-state index contributed by atoms with van der Waals surface area (Å²) in [5.41, 5.74) is 2.66. The van der Waals surface area contributed by atoms with Crippen LogP contribution in [-0.2, 0) is 0 Å². The summed E-state index contributed by atoms with van der Waals surface area (Å²) in [4.78, 5) is 0. The van der Waals surface area contributed by atoms with E-state index in [0.717, 1.165) is 12.8 Å². The predicted molar refractivity (Wildman–Crippen MR) is 71.1 cm³/mol. The summed E-state index contributed by atoms with van der Waals surface area (Å²) >= 11 is 0. The summed E-state index contributed by atoms with van der Waals surface area (Å²) in [6.45, 7) is 0. The molecule has 0 saturated heterocycles. The van der Waals surface area contributed by atoms with Crippen LogP contribution in [0.25, 0.3) is 24.3 Å². The van der Waals surface area contributed by atoms with E-state index in [1.807, 2.05) is 0 Å². The first-order chi connectivity index (χ1) is 7.93. The maximum Gasteiger partial charge on any atom is -0.0157 e. The van der Waals surface area contributed by atoms with Crippen molar-refractivity contribution < 1.29 is 0 Å². The smallest absolute Gasteiger partial charge is 0.0157 e. The van der Waals surface area contributed by atoms with Gasteiger partial charge in [-0.05, 0) is 46.5 Å². The van der Waals surface area contributed by atoms with Gasteiger partial charge in [-0.25, -0.2) is 0 Å². The highest BCUT2D eigenvalue weighted by Gasteiger charge is 2.00. The van der Waals surface area contributed by atoms with E-state index in [1.54, 1.807) is 0 Å². The van der Waals surface area contributed by atoms with Crippen LogP contribution in [0.4, 0.5) is 0 Å². The van der Waals surface area contributed by atoms with E-state index in [4.69, 9.17) is 0 Å². The Morgan fingerprint density at radius 3 is 2.31 bits per heavy atom. The summed E-state index contributed by atoms with van der Waals surface area (Å²) in [6, 6.07) is 4.57. The highest BCUT2D eigenvalue weighted by Crippen LogP contribution is 2.13. The zero-order valence-corrected chi connectivity index (χ0v) is 9.19. The molecule has 16 heavy (non-hydrogen) atoms. The van der Waals surface area contributed by atoms with Crippen molar-refractivity contribution in [2.24, 2.45) is 0 Å². The molecule has 0 aliphatic heterocycles. The second-order valence-electron chi connectivity index (χ2n) is 4.19. The second-order valence-corrected chi connectivity index (χ2v) is 4.19. The second kappa shape index (κ2) is 3.97. The van der Waals surface area contributed by atoms with Crippen LogP contribution in [0.2, 0.25) is 0 Å². The van der Waals surface area contributed by atoms with Crippen molar-refractivity contribution in [2.75, 3.05) is 0 Å². The van der Waals surface area contributed by atoms with E-state index in [2.05, 4.69) is 60.7 Å². The molecule has 1 aromatic carbocycles. The lowest BCUT2D eigenvalue weighted by atomic mass is 10.0. The summed E-state index contributed by atoms with van der Waals surface area (Å²) in [5.74, 6) is 0. The zero-order valence-electron chi connectivity index (χ0n) is 9.19. The molecule has 0 saturated carbocycles. The number of hydrogen-bond donors (Lipinski definition) is 0. The highest BCUT2D eigenvalue weighted by molar-refractivity contribution is 5.68. The predicted octanol–water partition coefficient (Wildman–Crippen LogP) is 2.64. The Morgan fingerprint density at radius 2 is 1.50 bits per heavy atom. The van der Waals surface area contributed by atoms with E-state index in [1.165, 1.54) is 21.6 Å². The van der Waals surface area contributed by atoms with Gasteiger partial charge in [0, 0.05) is 0 Å². The highest BCUT2D eigenvalue weighted by atomic mass is 14.0. The van der Waals surface area contributed by atoms with Gasteiger partial charge in [-0.3, -0.25) is 0 Å². The van der Waals surface area contributed by atoms with Gasteiger partial charge in [-0.2, -0.15) is 0 Å². The molecule has 2 aliphatic carbocycles. The Labute approximate surface area is 95.6 Å². The summed E-state index contributed by atoms with van der Waals surface area (Å²) < 4.78 is 0. The van der Waals surface area contributed by atoms with Crippen LogP contribution < -0.4 is 10.4 Å². The quantitative estimate of drug-likeness (QED) is 0.612. The normalized spacial score (nSPS) is 16.5. The lowest BCUT2D eigenvalue weighted by molar-refractivity contribution is 1.43. The van der Waals surface area contributed by atoms with Gasteiger partial charge in [-0.1, -0.05) is 48.6 Å². The molecule has 2 aliphatic rings. The summed E-state index contributed by atoms with van der Waals surface area (Å²) in [6.07, 6.45) is 19.8. The minimum Gasteiger partial charge on any atom is -0.0807 e. The van der Waals surface area contributed by atoms with Gasteiger partial charge in [0.25, 0.3) is 0 Å². The molecule has 0 heterocycles. The fourth-order valence-corrected chi connectivity index (χ4v) is 2.19. The minimum atomic E-state index is 1.03. The SMILES string of the molecule is C1=CCC=c2cc3c(cc2=C1)C=CCC=C3. The van der Waals surface area contributed by atoms with Crippen LogP contribution >= 0.6 is 0 Å². The monoisotopic (exact) mass is 206 g/mol. The van der Waals surface area contributed by atoms with Crippen LogP contribution in [0.5, 0.6) is 0 Å². The van der Waals surface area contributed by atoms with Crippen molar-refractivity contribution in [2.45, 2.75) is 12.8 Å². The third-order valence-electron chi connectivity index (χ3n) is 3.04. The molecule has 0 atom stereocenters. The molecule has 0 nitrogen and oxygen atoms in total. The van der Waals surface area contributed by atoms with E-state index >= 15 is 0 Å². The van der Waals surface area contributed by atoms with Gasteiger partial charge < -0.3 is 0 Å². The van der Waals surface area contributed by atoms with Gasteiger partial charge >= 0.3 is 0 Å². The third-order valence-corrected chi connectivity index (χ3v) is 3.04. The lowest BCUT2D eigenvalue weighted by Gasteiger charge is -2.01. The molecule has 0 bridgehead atoms. The van der Waals surface area contributed by atoms with Crippen LogP contribution in [0.15, 0.2) is 36.4 Å². The maximum atomic E-state index is 2.29. The number of rotatable bonds is 0. The molecule has 3 rings (SSSR count).